The Morgan fingerprint density at radius 3 is 2.72 bits per heavy atom. The summed E-state index contributed by atoms with van der Waals surface area (Å²) in [5, 5.41) is 16.5. The summed E-state index contributed by atoms with van der Waals surface area (Å²) >= 11 is 12.4. The number of aromatic nitrogens is 2. The van der Waals surface area contributed by atoms with Gasteiger partial charge in [-0.1, -0.05) is 35.3 Å². The summed E-state index contributed by atoms with van der Waals surface area (Å²) in [5.74, 6) is 0.544. The van der Waals surface area contributed by atoms with E-state index in [1.165, 1.54) is 11.1 Å². The molecule has 0 saturated heterocycles. The number of hydrogen-bond donors (Lipinski definition) is 3. The lowest BCUT2D eigenvalue weighted by Crippen LogP contribution is -2.51. The fourth-order valence-corrected chi connectivity index (χ4v) is 4.40. The van der Waals surface area contributed by atoms with Crippen molar-refractivity contribution in [3.8, 4) is 11.5 Å². The summed E-state index contributed by atoms with van der Waals surface area (Å²) < 4.78 is 5.95. The Labute approximate surface area is 218 Å². The van der Waals surface area contributed by atoms with Crippen LogP contribution in [-0.4, -0.2) is 57.0 Å². The third kappa shape index (κ3) is 5.48. The van der Waals surface area contributed by atoms with Gasteiger partial charge in [-0.2, -0.15) is 0 Å². The summed E-state index contributed by atoms with van der Waals surface area (Å²) in [5.41, 5.74) is 1.41. The molecule has 2 atom stereocenters. The molecule has 3 N–H and O–H groups in total. The van der Waals surface area contributed by atoms with Gasteiger partial charge in [0.2, 0.25) is 11.9 Å². The zero-order valence-corrected chi connectivity index (χ0v) is 21.6. The number of aliphatic hydroxyl groups excluding tert-OH is 1. The zero-order valence-electron chi connectivity index (χ0n) is 20.1. The highest BCUT2D eigenvalue weighted by Crippen LogP contribution is 2.33. The van der Waals surface area contributed by atoms with Gasteiger partial charge < -0.3 is 25.1 Å². The van der Waals surface area contributed by atoms with E-state index in [9.17, 15) is 14.7 Å². The van der Waals surface area contributed by atoms with Gasteiger partial charge in [0.05, 0.1) is 29.4 Å². The molecule has 3 heterocycles. The summed E-state index contributed by atoms with van der Waals surface area (Å²) in [6, 6.07) is 7.20. The van der Waals surface area contributed by atoms with Crippen molar-refractivity contribution in [2.24, 2.45) is 0 Å². The first-order valence-electron chi connectivity index (χ1n) is 11.6. The molecule has 0 aliphatic carbocycles. The molecule has 0 spiro atoms. The first-order chi connectivity index (χ1) is 17.2. The van der Waals surface area contributed by atoms with Gasteiger partial charge in [0, 0.05) is 24.0 Å². The number of hydrogen-bond acceptors (Lipinski definition) is 7. The standard InChI is InChI=1S/C25H27Cl2N5O4/c1-13(2)29-25-28-11-18(27)22(31-25)21-10-17-20(36-21)7-8-32(24(17)35)14(3)23(34)30-19(12-33)15-5-4-6-16(26)9-15/h4-6,9-11,13-14,19,33H,7-8,12H2,1-3H3,(H,30,34)(H,28,29,31)/t14-,19-/m1/s1. The lowest BCUT2D eigenvalue weighted by molar-refractivity contribution is -0.126. The second-order valence-corrected chi connectivity index (χ2v) is 9.70. The molecule has 190 valence electrons. The molecule has 36 heavy (non-hydrogen) atoms. The van der Waals surface area contributed by atoms with Crippen molar-refractivity contribution in [3.63, 3.8) is 0 Å². The van der Waals surface area contributed by atoms with Crippen LogP contribution in [0.3, 0.4) is 0 Å². The van der Waals surface area contributed by atoms with E-state index < -0.39 is 18.0 Å². The molecular formula is C25H27Cl2N5O4. The molecule has 11 heteroatoms. The highest BCUT2D eigenvalue weighted by Gasteiger charge is 2.35. The van der Waals surface area contributed by atoms with Crippen LogP contribution < -0.4 is 10.6 Å². The van der Waals surface area contributed by atoms with Crippen LogP contribution >= 0.6 is 23.2 Å². The van der Waals surface area contributed by atoms with E-state index in [1.807, 2.05) is 13.8 Å². The van der Waals surface area contributed by atoms with Crippen LogP contribution in [0, 0.1) is 0 Å². The molecule has 1 aliphatic rings. The average molecular weight is 532 g/mol. The highest BCUT2D eigenvalue weighted by molar-refractivity contribution is 6.32. The number of nitrogens with one attached hydrogen (secondary N) is 2. The molecule has 1 aromatic carbocycles. The Bertz CT molecular complexity index is 1280. The van der Waals surface area contributed by atoms with Gasteiger partial charge in [-0.25, -0.2) is 9.97 Å². The van der Waals surface area contributed by atoms with E-state index in [1.54, 1.807) is 37.3 Å². The van der Waals surface area contributed by atoms with Crippen molar-refractivity contribution in [2.45, 2.75) is 45.3 Å². The van der Waals surface area contributed by atoms with E-state index in [0.29, 0.717) is 57.3 Å². The Hall–Kier alpha value is -3.14. The van der Waals surface area contributed by atoms with Crippen LogP contribution in [0.5, 0.6) is 0 Å². The Kier molecular flexibility index (Phi) is 7.82. The molecule has 0 saturated carbocycles. The monoisotopic (exact) mass is 531 g/mol. The fraction of sp³-hybridized carbons (Fsp3) is 0.360. The topological polar surface area (TPSA) is 121 Å². The third-order valence-electron chi connectivity index (χ3n) is 5.87. The van der Waals surface area contributed by atoms with Gasteiger partial charge in [0.25, 0.3) is 5.91 Å². The predicted octanol–water partition coefficient (Wildman–Crippen LogP) is 4.10. The molecule has 1 aliphatic heterocycles. The van der Waals surface area contributed by atoms with Crippen LogP contribution in [-0.2, 0) is 11.2 Å². The van der Waals surface area contributed by atoms with Gasteiger partial charge in [-0.05, 0) is 44.5 Å². The van der Waals surface area contributed by atoms with E-state index in [0.717, 1.165) is 0 Å². The second-order valence-electron chi connectivity index (χ2n) is 8.86. The fourth-order valence-electron chi connectivity index (χ4n) is 4.02. The normalized spacial score (nSPS) is 15.0. The van der Waals surface area contributed by atoms with Crippen molar-refractivity contribution in [2.75, 3.05) is 18.5 Å². The third-order valence-corrected chi connectivity index (χ3v) is 6.38. The molecule has 0 bridgehead atoms. The number of benzene rings is 1. The van der Waals surface area contributed by atoms with Crippen molar-refractivity contribution in [3.05, 3.63) is 63.5 Å². The first-order valence-corrected chi connectivity index (χ1v) is 12.3. The zero-order chi connectivity index (χ0) is 26.0. The highest BCUT2D eigenvalue weighted by atomic mass is 35.5. The van der Waals surface area contributed by atoms with Crippen molar-refractivity contribution >= 4 is 41.0 Å². The minimum Gasteiger partial charge on any atom is -0.458 e. The molecule has 0 radical (unpaired) electrons. The van der Waals surface area contributed by atoms with E-state index in [-0.39, 0.29) is 18.6 Å². The second kappa shape index (κ2) is 10.9. The summed E-state index contributed by atoms with van der Waals surface area (Å²) in [6.07, 6.45) is 1.91. The molecule has 4 rings (SSSR count). The maximum absolute atomic E-state index is 13.3. The number of carbonyl (C=O) groups is 2. The number of nitrogens with zero attached hydrogens (tertiary/aromatic N) is 3. The molecule has 2 aromatic heterocycles. The summed E-state index contributed by atoms with van der Waals surface area (Å²) in [7, 11) is 0. The van der Waals surface area contributed by atoms with Crippen LogP contribution in [0.1, 0.15) is 48.5 Å². The van der Waals surface area contributed by atoms with Crippen molar-refractivity contribution in [1.29, 1.82) is 0 Å². The van der Waals surface area contributed by atoms with E-state index in [2.05, 4.69) is 20.6 Å². The summed E-state index contributed by atoms with van der Waals surface area (Å²) in [4.78, 5) is 36.4. The maximum Gasteiger partial charge on any atom is 0.258 e. The Morgan fingerprint density at radius 1 is 1.25 bits per heavy atom. The van der Waals surface area contributed by atoms with Crippen LogP contribution in [0.25, 0.3) is 11.5 Å². The van der Waals surface area contributed by atoms with Gasteiger partial charge in [0.15, 0.2) is 5.76 Å². The summed E-state index contributed by atoms with van der Waals surface area (Å²) in [6.45, 7) is 5.56. The molecule has 0 unspecified atom stereocenters. The number of halogens is 2. The SMILES string of the molecule is CC(C)Nc1ncc(Cl)c(-c2cc3c(o2)CCN([C@H](C)C(=O)N[C@H](CO)c2cccc(Cl)c2)C3=O)n1. The molecular weight excluding hydrogens is 505 g/mol. The molecule has 3 aromatic rings. The van der Waals surface area contributed by atoms with E-state index in [4.69, 9.17) is 27.6 Å². The number of fused-ring (bicyclic) bond motifs is 1. The van der Waals surface area contributed by atoms with Gasteiger partial charge in [-0.15, -0.1) is 0 Å². The molecule has 9 nitrogen and oxygen atoms in total. The predicted molar refractivity (Wildman–Crippen MR) is 137 cm³/mol. The number of amides is 2. The largest absolute Gasteiger partial charge is 0.458 e. The van der Waals surface area contributed by atoms with Gasteiger partial charge in [0.1, 0.15) is 17.5 Å². The minimum absolute atomic E-state index is 0.121. The maximum atomic E-state index is 13.3. The minimum atomic E-state index is -0.776. The average Bonchev–Trinajstić information content (AvgIpc) is 3.28. The smallest absolute Gasteiger partial charge is 0.258 e. The lowest BCUT2D eigenvalue weighted by Gasteiger charge is -2.32. The van der Waals surface area contributed by atoms with Crippen molar-refractivity contribution in [1.82, 2.24) is 20.2 Å². The van der Waals surface area contributed by atoms with Gasteiger partial charge in [-0.3, -0.25) is 9.59 Å². The first kappa shape index (κ1) is 25.9. The van der Waals surface area contributed by atoms with Gasteiger partial charge >= 0.3 is 0 Å². The van der Waals surface area contributed by atoms with Crippen LogP contribution in [0.15, 0.2) is 40.9 Å². The van der Waals surface area contributed by atoms with E-state index >= 15 is 0 Å². The number of anilines is 1. The quantitative estimate of drug-likeness (QED) is 0.400. The number of furan rings is 1. The number of rotatable bonds is 8. The number of carbonyl (C=O) groups excluding carboxylic acids is 2. The molecule has 0 fully saturated rings. The lowest BCUT2D eigenvalue weighted by atomic mass is 10.0. The Morgan fingerprint density at radius 2 is 2.03 bits per heavy atom. The van der Waals surface area contributed by atoms with Crippen LogP contribution in [0.2, 0.25) is 10.0 Å². The number of aliphatic hydroxyl groups is 1. The molecule has 2 amide bonds. The van der Waals surface area contributed by atoms with Crippen LogP contribution in [0.4, 0.5) is 5.95 Å². The van der Waals surface area contributed by atoms with Crippen molar-refractivity contribution < 1.29 is 19.1 Å². The Balaban J connectivity index is 1.52.